The molecule has 0 radical (unpaired) electrons. The van der Waals surface area contributed by atoms with Crippen molar-refractivity contribution in [3.05, 3.63) is 0 Å². The van der Waals surface area contributed by atoms with Gasteiger partial charge in [-0.15, -0.1) is 6.61 Å². The number of unbranched alkanes of at least 4 members (excludes halogenated alkanes) is 1. The van der Waals surface area contributed by atoms with Crippen LogP contribution in [0.15, 0.2) is 0 Å². The first-order valence-electron chi connectivity index (χ1n) is 4.15. The van der Waals surface area contributed by atoms with Gasteiger partial charge in [-0.05, 0) is 6.42 Å². The van der Waals surface area contributed by atoms with Gasteiger partial charge in [0.1, 0.15) is 0 Å². The minimum absolute atomic E-state index is 0. The van der Waals surface area contributed by atoms with Gasteiger partial charge in [0.15, 0.2) is 0 Å². The predicted octanol–water partition coefficient (Wildman–Crippen LogP) is -2.82. The van der Waals surface area contributed by atoms with E-state index < -0.39 is 0 Å². The molecule has 12 heavy (non-hydrogen) atoms. The molecule has 0 aliphatic carbocycles. The van der Waals surface area contributed by atoms with E-state index in [2.05, 4.69) is 6.92 Å². The first kappa shape index (κ1) is 15.0. The zero-order valence-corrected chi connectivity index (χ0v) is 8.17. The van der Waals surface area contributed by atoms with Gasteiger partial charge >= 0.3 is 18.9 Å². The van der Waals surface area contributed by atoms with Crippen molar-refractivity contribution in [3.63, 3.8) is 0 Å². The van der Waals surface area contributed by atoms with Gasteiger partial charge in [-0.25, -0.2) is 0 Å². The van der Waals surface area contributed by atoms with Gasteiger partial charge in [0.25, 0.3) is 0 Å². The van der Waals surface area contributed by atoms with Crippen LogP contribution in [0.5, 0.6) is 0 Å². The second kappa shape index (κ2) is 14.0. The van der Waals surface area contributed by atoms with Crippen molar-refractivity contribution in [3.8, 4) is 0 Å². The summed E-state index contributed by atoms with van der Waals surface area (Å²) in [6, 6.07) is 0. The third-order valence-electron chi connectivity index (χ3n) is 1.24. The fraction of sp³-hybridized carbons (Fsp3) is 1.00. The summed E-state index contributed by atoms with van der Waals surface area (Å²) in [6.07, 6.45) is 2.25. The summed E-state index contributed by atoms with van der Waals surface area (Å²) in [4.78, 5) is 0. The van der Waals surface area contributed by atoms with E-state index in [1.807, 2.05) is 0 Å². The molecule has 0 N–H and O–H groups in total. The van der Waals surface area contributed by atoms with Crippen LogP contribution in [0.4, 0.5) is 0 Å². The maximum absolute atomic E-state index is 9.90. The Labute approximate surface area is 86.6 Å². The van der Waals surface area contributed by atoms with E-state index in [-0.39, 0.29) is 25.5 Å². The summed E-state index contributed by atoms with van der Waals surface area (Å²) < 4.78 is 10.1. The van der Waals surface area contributed by atoms with E-state index >= 15 is 0 Å². The van der Waals surface area contributed by atoms with Crippen LogP contribution in [0.1, 0.15) is 19.8 Å². The molecule has 0 heterocycles. The summed E-state index contributed by atoms with van der Waals surface area (Å²) in [5.74, 6) is 0. The maximum Gasteiger partial charge on any atom is 1.00 e. The second-order valence-electron chi connectivity index (χ2n) is 2.28. The van der Waals surface area contributed by atoms with Gasteiger partial charge in [-0.2, -0.15) is 0 Å². The van der Waals surface area contributed by atoms with Crippen molar-refractivity contribution >= 4 is 0 Å². The molecular weight excluding hydrogens is 151 g/mol. The van der Waals surface area contributed by atoms with Gasteiger partial charge in [-0.1, -0.05) is 13.3 Å². The SMILES string of the molecule is CCCCOCCOCC[O-].[Li+]. The van der Waals surface area contributed by atoms with Gasteiger partial charge in [0.05, 0.1) is 13.2 Å². The van der Waals surface area contributed by atoms with Gasteiger partial charge < -0.3 is 14.6 Å². The molecule has 0 rings (SSSR count). The van der Waals surface area contributed by atoms with Crippen molar-refractivity contribution in [1.82, 2.24) is 0 Å². The molecule has 0 aliphatic rings. The van der Waals surface area contributed by atoms with E-state index in [0.717, 1.165) is 19.4 Å². The zero-order chi connectivity index (χ0) is 8.36. The van der Waals surface area contributed by atoms with E-state index in [9.17, 15) is 5.11 Å². The summed E-state index contributed by atoms with van der Waals surface area (Å²) in [7, 11) is 0. The van der Waals surface area contributed by atoms with Gasteiger partial charge in [0, 0.05) is 13.2 Å². The molecule has 0 unspecified atom stereocenters. The van der Waals surface area contributed by atoms with E-state index in [0.29, 0.717) is 19.8 Å². The molecule has 0 bridgehead atoms. The topological polar surface area (TPSA) is 41.5 Å². The van der Waals surface area contributed by atoms with Crippen LogP contribution < -0.4 is 24.0 Å². The molecule has 0 fully saturated rings. The van der Waals surface area contributed by atoms with E-state index in [4.69, 9.17) is 9.47 Å². The first-order valence-corrected chi connectivity index (χ1v) is 4.15. The third-order valence-corrected chi connectivity index (χ3v) is 1.24. The number of ether oxygens (including phenoxy) is 2. The Kier molecular flexibility index (Phi) is 17.5. The van der Waals surface area contributed by atoms with Crippen LogP contribution in [0.3, 0.4) is 0 Å². The van der Waals surface area contributed by atoms with Crippen molar-refractivity contribution < 1.29 is 33.4 Å². The fourth-order valence-electron chi connectivity index (χ4n) is 0.627. The molecule has 0 aromatic rings. The van der Waals surface area contributed by atoms with Crippen molar-refractivity contribution in [2.24, 2.45) is 0 Å². The molecule has 0 spiro atoms. The average Bonchev–Trinajstić information content (AvgIpc) is 2.03. The van der Waals surface area contributed by atoms with Crippen LogP contribution in [0, 0.1) is 0 Å². The molecule has 0 atom stereocenters. The summed E-state index contributed by atoms with van der Waals surface area (Å²) in [5, 5.41) is 9.90. The second-order valence-corrected chi connectivity index (χ2v) is 2.28. The Hall–Kier alpha value is 0.477. The smallest absolute Gasteiger partial charge is 0.853 e. The molecule has 68 valence electrons. The normalized spacial score (nSPS) is 9.50. The minimum atomic E-state index is -0.158. The molecule has 0 saturated carbocycles. The molecule has 3 nitrogen and oxygen atoms in total. The fourth-order valence-corrected chi connectivity index (χ4v) is 0.627. The summed E-state index contributed by atoms with van der Waals surface area (Å²) >= 11 is 0. The minimum Gasteiger partial charge on any atom is -0.853 e. The molecule has 0 aromatic carbocycles. The Morgan fingerprint density at radius 1 is 1.00 bits per heavy atom. The Morgan fingerprint density at radius 3 is 2.08 bits per heavy atom. The quantitative estimate of drug-likeness (QED) is 0.290. The van der Waals surface area contributed by atoms with E-state index in [1.54, 1.807) is 0 Å². The predicted molar refractivity (Wildman–Crippen MR) is 41.4 cm³/mol. The molecule has 0 saturated heterocycles. The van der Waals surface area contributed by atoms with Gasteiger partial charge in [-0.3, -0.25) is 0 Å². The Balaban J connectivity index is 0. The van der Waals surface area contributed by atoms with Crippen molar-refractivity contribution in [2.75, 3.05) is 33.0 Å². The van der Waals surface area contributed by atoms with Crippen LogP contribution in [-0.2, 0) is 9.47 Å². The monoisotopic (exact) mass is 168 g/mol. The largest absolute Gasteiger partial charge is 1.00 e. The van der Waals surface area contributed by atoms with Crippen LogP contribution in [0.2, 0.25) is 0 Å². The first-order chi connectivity index (χ1) is 5.41. The average molecular weight is 168 g/mol. The maximum atomic E-state index is 9.90. The standard InChI is InChI=1S/C8H17O3.Li/c1-2-3-5-10-7-8-11-6-4-9;/h2-8H2,1H3;/q-1;+1. The third kappa shape index (κ3) is 13.1. The molecular formula is C8H17LiO3. The van der Waals surface area contributed by atoms with E-state index in [1.165, 1.54) is 0 Å². The molecule has 0 amide bonds. The van der Waals surface area contributed by atoms with Crippen LogP contribution in [-0.4, -0.2) is 33.0 Å². The summed E-state index contributed by atoms with van der Waals surface area (Å²) in [5.41, 5.74) is 0. The molecule has 4 heteroatoms. The van der Waals surface area contributed by atoms with Crippen LogP contribution >= 0.6 is 0 Å². The van der Waals surface area contributed by atoms with Gasteiger partial charge in [0.2, 0.25) is 0 Å². The van der Waals surface area contributed by atoms with Crippen molar-refractivity contribution in [1.29, 1.82) is 0 Å². The summed E-state index contributed by atoms with van der Waals surface area (Å²) in [6.45, 7) is 4.23. The molecule has 0 aliphatic heterocycles. The van der Waals surface area contributed by atoms with Crippen LogP contribution in [0.25, 0.3) is 0 Å². The number of rotatable bonds is 8. The van der Waals surface area contributed by atoms with Crippen molar-refractivity contribution in [2.45, 2.75) is 19.8 Å². The number of hydrogen-bond acceptors (Lipinski definition) is 3. The Bertz CT molecular complexity index is 63.3. The Morgan fingerprint density at radius 2 is 1.58 bits per heavy atom. The molecule has 0 aromatic heterocycles. The zero-order valence-electron chi connectivity index (χ0n) is 8.17. The number of hydrogen-bond donors (Lipinski definition) is 0.